The third kappa shape index (κ3) is 5.32. The van der Waals surface area contributed by atoms with Gasteiger partial charge in [-0.1, -0.05) is 0 Å². The van der Waals surface area contributed by atoms with Gasteiger partial charge >= 0.3 is 0 Å². The average Bonchev–Trinajstić information content (AvgIpc) is 2.43. The summed E-state index contributed by atoms with van der Waals surface area (Å²) in [5.74, 6) is 0.586. The molecule has 5 heteroatoms. The number of carbonyl (C=O) groups excluding carboxylic acids is 1. The summed E-state index contributed by atoms with van der Waals surface area (Å²) in [7, 11) is 1.59. The van der Waals surface area contributed by atoms with Gasteiger partial charge in [0.25, 0.3) is 5.91 Å². The zero-order chi connectivity index (χ0) is 16.0. The van der Waals surface area contributed by atoms with Gasteiger partial charge in [0, 0.05) is 29.6 Å². The van der Waals surface area contributed by atoms with E-state index in [-0.39, 0.29) is 5.91 Å². The molecule has 0 radical (unpaired) electrons. The first-order valence-electron chi connectivity index (χ1n) is 7.24. The van der Waals surface area contributed by atoms with E-state index in [0.717, 1.165) is 11.0 Å². The number of nitrogens with zero attached hydrogens (tertiary/aromatic N) is 1. The van der Waals surface area contributed by atoms with Crippen molar-refractivity contribution in [1.29, 1.82) is 0 Å². The molecular formula is C16H25BrN2O2. The van der Waals surface area contributed by atoms with Crippen LogP contribution in [-0.4, -0.2) is 43.1 Å². The summed E-state index contributed by atoms with van der Waals surface area (Å²) in [4.78, 5) is 14.6. The van der Waals surface area contributed by atoms with E-state index in [1.807, 2.05) is 12.1 Å². The van der Waals surface area contributed by atoms with Crippen LogP contribution in [0, 0.1) is 0 Å². The summed E-state index contributed by atoms with van der Waals surface area (Å²) in [6.45, 7) is 10.1. The summed E-state index contributed by atoms with van der Waals surface area (Å²) >= 11 is 3.40. The van der Waals surface area contributed by atoms with Crippen molar-refractivity contribution in [3.05, 3.63) is 28.2 Å². The van der Waals surface area contributed by atoms with Crippen LogP contribution in [0.15, 0.2) is 22.7 Å². The monoisotopic (exact) mass is 356 g/mol. The predicted octanol–water partition coefficient (Wildman–Crippen LogP) is 3.31. The smallest absolute Gasteiger partial charge is 0.252 e. The minimum Gasteiger partial charge on any atom is -0.497 e. The van der Waals surface area contributed by atoms with Crippen molar-refractivity contribution in [3.8, 4) is 5.75 Å². The summed E-state index contributed by atoms with van der Waals surface area (Å²) in [6.07, 6.45) is 0. The molecule has 118 valence electrons. The van der Waals surface area contributed by atoms with E-state index >= 15 is 0 Å². The average molecular weight is 357 g/mol. The maximum absolute atomic E-state index is 12.2. The van der Waals surface area contributed by atoms with Crippen LogP contribution in [0.25, 0.3) is 0 Å². The zero-order valence-electron chi connectivity index (χ0n) is 13.4. The van der Waals surface area contributed by atoms with Crippen molar-refractivity contribution in [3.63, 3.8) is 0 Å². The maximum Gasteiger partial charge on any atom is 0.252 e. The number of amides is 1. The molecule has 1 N–H and O–H groups in total. The van der Waals surface area contributed by atoms with Gasteiger partial charge in [0.2, 0.25) is 0 Å². The maximum atomic E-state index is 12.2. The molecule has 1 amide bonds. The number of carbonyl (C=O) groups is 1. The Morgan fingerprint density at radius 1 is 1.29 bits per heavy atom. The van der Waals surface area contributed by atoms with Crippen LogP contribution in [-0.2, 0) is 0 Å². The molecule has 4 nitrogen and oxygen atoms in total. The molecule has 0 saturated heterocycles. The fourth-order valence-corrected chi connectivity index (χ4v) is 2.74. The van der Waals surface area contributed by atoms with Crippen LogP contribution in [0.4, 0.5) is 0 Å². The summed E-state index contributed by atoms with van der Waals surface area (Å²) in [5.41, 5.74) is 0.593. The predicted molar refractivity (Wildman–Crippen MR) is 90.0 cm³/mol. The number of rotatable bonds is 7. The molecule has 0 fully saturated rings. The Morgan fingerprint density at radius 2 is 1.90 bits per heavy atom. The van der Waals surface area contributed by atoms with E-state index < -0.39 is 0 Å². The molecule has 0 atom stereocenters. The minimum atomic E-state index is -0.0896. The Labute approximate surface area is 136 Å². The van der Waals surface area contributed by atoms with E-state index in [4.69, 9.17) is 4.74 Å². The fraction of sp³-hybridized carbons (Fsp3) is 0.562. The lowest BCUT2D eigenvalue weighted by atomic mass is 10.2. The Kier molecular flexibility index (Phi) is 7.18. The number of hydrogen-bond donors (Lipinski definition) is 1. The lowest BCUT2D eigenvalue weighted by Crippen LogP contribution is -2.42. The van der Waals surface area contributed by atoms with Gasteiger partial charge in [-0.2, -0.15) is 0 Å². The molecule has 0 aliphatic heterocycles. The van der Waals surface area contributed by atoms with E-state index in [2.05, 4.69) is 53.8 Å². The first kappa shape index (κ1) is 18.0. The second-order valence-electron chi connectivity index (χ2n) is 5.53. The third-order valence-electron chi connectivity index (χ3n) is 3.40. The molecule has 0 spiro atoms. The molecule has 1 aromatic carbocycles. The first-order chi connectivity index (χ1) is 9.86. The minimum absolute atomic E-state index is 0.0896. The summed E-state index contributed by atoms with van der Waals surface area (Å²) < 4.78 is 5.93. The van der Waals surface area contributed by atoms with E-state index in [0.29, 0.717) is 29.9 Å². The molecular weight excluding hydrogens is 332 g/mol. The van der Waals surface area contributed by atoms with Crippen LogP contribution >= 0.6 is 15.9 Å². The highest BCUT2D eigenvalue weighted by atomic mass is 79.9. The van der Waals surface area contributed by atoms with E-state index in [1.54, 1.807) is 13.2 Å². The molecule has 0 aromatic heterocycles. The van der Waals surface area contributed by atoms with Gasteiger partial charge in [-0.3, -0.25) is 9.69 Å². The molecule has 0 aliphatic rings. The van der Waals surface area contributed by atoms with Gasteiger partial charge < -0.3 is 10.1 Å². The number of methoxy groups -OCH3 is 1. The van der Waals surface area contributed by atoms with Crippen molar-refractivity contribution in [2.24, 2.45) is 0 Å². The first-order valence-corrected chi connectivity index (χ1v) is 8.03. The fourth-order valence-electron chi connectivity index (χ4n) is 2.31. The molecule has 0 unspecified atom stereocenters. The molecule has 0 heterocycles. The Balaban J connectivity index is 2.62. The summed E-state index contributed by atoms with van der Waals surface area (Å²) in [6, 6.07) is 6.31. The molecule has 1 aromatic rings. The van der Waals surface area contributed by atoms with Crippen LogP contribution in [0.2, 0.25) is 0 Å². The van der Waals surface area contributed by atoms with Crippen molar-refractivity contribution in [2.75, 3.05) is 20.2 Å². The van der Waals surface area contributed by atoms with Crippen molar-refractivity contribution in [1.82, 2.24) is 10.2 Å². The van der Waals surface area contributed by atoms with Crippen molar-refractivity contribution >= 4 is 21.8 Å². The number of benzene rings is 1. The largest absolute Gasteiger partial charge is 0.497 e. The highest BCUT2D eigenvalue weighted by Gasteiger charge is 2.15. The highest BCUT2D eigenvalue weighted by molar-refractivity contribution is 9.10. The van der Waals surface area contributed by atoms with Crippen LogP contribution in [0.5, 0.6) is 5.75 Å². The standard InChI is InChI=1S/C16H25BrN2O2/c1-11(2)19(12(3)4)9-8-18-16(20)14-10-13(21-5)6-7-15(14)17/h6-7,10-12H,8-9H2,1-5H3,(H,18,20). The summed E-state index contributed by atoms with van der Waals surface area (Å²) in [5, 5.41) is 2.97. The topological polar surface area (TPSA) is 41.6 Å². The van der Waals surface area contributed by atoms with Crippen molar-refractivity contribution < 1.29 is 9.53 Å². The Morgan fingerprint density at radius 3 is 2.43 bits per heavy atom. The van der Waals surface area contributed by atoms with E-state index in [9.17, 15) is 4.79 Å². The normalized spacial score (nSPS) is 11.3. The molecule has 0 saturated carbocycles. The van der Waals surface area contributed by atoms with Gasteiger partial charge in [-0.25, -0.2) is 0 Å². The van der Waals surface area contributed by atoms with Crippen molar-refractivity contribution in [2.45, 2.75) is 39.8 Å². The molecule has 0 aliphatic carbocycles. The number of nitrogens with one attached hydrogen (secondary N) is 1. The number of hydrogen-bond acceptors (Lipinski definition) is 3. The lowest BCUT2D eigenvalue weighted by molar-refractivity contribution is 0.0938. The van der Waals surface area contributed by atoms with Crippen LogP contribution in [0.3, 0.4) is 0 Å². The van der Waals surface area contributed by atoms with Gasteiger partial charge in [0.15, 0.2) is 0 Å². The third-order valence-corrected chi connectivity index (χ3v) is 4.09. The van der Waals surface area contributed by atoms with E-state index in [1.165, 1.54) is 0 Å². The van der Waals surface area contributed by atoms with Crippen LogP contribution < -0.4 is 10.1 Å². The van der Waals surface area contributed by atoms with Gasteiger partial charge in [-0.15, -0.1) is 0 Å². The zero-order valence-corrected chi connectivity index (χ0v) is 15.0. The number of halogens is 1. The molecule has 0 bridgehead atoms. The second kappa shape index (κ2) is 8.39. The van der Waals surface area contributed by atoms with Gasteiger partial charge in [0.05, 0.1) is 12.7 Å². The van der Waals surface area contributed by atoms with Crippen LogP contribution in [0.1, 0.15) is 38.1 Å². The Hall–Kier alpha value is -1.07. The second-order valence-corrected chi connectivity index (χ2v) is 6.38. The molecule has 1 rings (SSSR count). The highest BCUT2D eigenvalue weighted by Crippen LogP contribution is 2.22. The molecule has 21 heavy (non-hydrogen) atoms. The lowest BCUT2D eigenvalue weighted by Gasteiger charge is -2.30. The van der Waals surface area contributed by atoms with Gasteiger partial charge in [0.1, 0.15) is 5.75 Å². The SMILES string of the molecule is COc1ccc(Br)c(C(=O)NCCN(C(C)C)C(C)C)c1. The Bertz CT molecular complexity index is 467. The quantitative estimate of drug-likeness (QED) is 0.814. The van der Waals surface area contributed by atoms with Gasteiger partial charge in [-0.05, 0) is 61.8 Å². The number of ether oxygens (including phenoxy) is 1.